The van der Waals surface area contributed by atoms with Crippen molar-refractivity contribution >= 4 is 17.4 Å². The van der Waals surface area contributed by atoms with Crippen LogP contribution in [0.4, 0.5) is 11.5 Å². The predicted molar refractivity (Wildman–Crippen MR) is 91.1 cm³/mol. The van der Waals surface area contributed by atoms with Gasteiger partial charge in [-0.05, 0) is 25.5 Å². The highest BCUT2D eigenvalue weighted by Gasteiger charge is 2.12. The van der Waals surface area contributed by atoms with E-state index in [1.807, 2.05) is 44.2 Å². The summed E-state index contributed by atoms with van der Waals surface area (Å²) in [4.78, 5) is 16.5. The summed E-state index contributed by atoms with van der Waals surface area (Å²) in [7, 11) is 0. The van der Waals surface area contributed by atoms with Gasteiger partial charge in [0, 0.05) is 12.3 Å². The molecule has 6 heteroatoms. The van der Waals surface area contributed by atoms with Crippen LogP contribution in [-0.4, -0.2) is 16.0 Å². The maximum Gasteiger partial charge on any atom is 0.253 e. The van der Waals surface area contributed by atoms with Crippen molar-refractivity contribution in [3.8, 4) is 0 Å². The number of aryl methyl sites for hydroxylation is 1. The number of nitrogens with zero attached hydrogens (tertiary/aromatic N) is 2. The third kappa shape index (κ3) is 3.78. The molecule has 0 aliphatic rings. The second-order valence-electron chi connectivity index (χ2n) is 5.52. The van der Waals surface area contributed by atoms with Crippen molar-refractivity contribution in [3.05, 3.63) is 71.7 Å². The number of amides is 1. The standard InChI is InChI=1S/C18H18N4O2/c1-12-8-17(22-24-12)21-16-9-15(10-19-11-16)18(23)20-13(2)14-6-4-3-5-7-14/h3-11,13H,1-2H3,(H,20,23)(H,21,22). The first-order chi connectivity index (χ1) is 11.6. The van der Waals surface area contributed by atoms with E-state index in [-0.39, 0.29) is 11.9 Å². The second kappa shape index (κ2) is 6.95. The summed E-state index contributed by atoms with van der Waals surface area (Å²) >= 11 is 0. The molecule has 0 aliphatic heterocycles. The van der Waals surface area contributed by atoms with Gasteiger partial charge in [0.25, 0.3) is 5.91 Å². The SMILES string of the molecule is Cc1cc(Nc2cncc(C(=O)NC(C)c3ccccc3)c2)no1. The van der Waals surface area contributed by atoms with Crippen LogP contribution in [0.2, 0.25) is 0 Å². The molecule has 122 valence electrons. The average Bonchev–Trinajstić information content (AvgIpc) is 3.00. The third-order valence-corrected chi connectivity index (χ3v) is 3.55. The minimum absolute atomic E-state index is 0.0893. The van der Waals surface area contributed by atoms with Gasteiger partial charge in [0.1, 0.15) is 5.76 Å². The van der Waals surface area contributed by atoms with Crippen molar-refractivity contribution in [1.82, 2.24) is 15.5 Å². The largest absolute Gasteiger partial charge is 0.360 e. The van der Waals surface area contributed by atoms with Crippen LogP contribution in [0.5, 0.6) is 0 Å². The zero-order valence-corrected chi connectivity index (χ0v) is 13.5. The van der Waals surface area contributed by atoms with Gasteiger partial charge >= 0.3 is 0 Å². The van der Waals surface area contributed by atoms with E-state index in [9.17, 15) is 4.79 Å². The van der Waals surface area contributed by atoms with Crippen LogP contribution in [0.15, 0.2) is 59.4 Å². The van der Waals surface area contributed by atoms with Gasteiger partial charge in [-0.3, -0.25) is 9.78 Å². The third-order valence-electron chi connectivity index (χ3n) is 3.55. The van der Waals surface area contributed by atoms with Crippen molar-refractivity contribution in [2.75, 3.05) is 5.32 Å². The van der Waals surface area contributed by atoms with Gasteiger partial charge in [-0.2, -0.15) is 0 Å². The molecular formula is C18H18N4O2. The van der Waals surface area contributed by atoms with E-state index in [1.165, 1.54) is 6.20 Å². The van der Waals surface area contributed by atoms with E-state index >= 15 is 0 Å². The molecule has 24 heavy (non-hydrogen) atoms. The number of pyridine rings is 1. The number of anilines is 2. The van der Waals surface area contributed by atoms with Gasteiger partial charge in [0.15, 0.2) is 5.82 Å². The van der Waals surface area contributed by atoms with Crippen LogP contribution in [-0.2, 0) is 0 Å². The van der Waals surface area contributed by atoms with Crippen LogP contribution in [0.25, 0.3) is 0 Å². The van der Waals surface area contributed by atoms with Crippen LogP contribution in [0, 0.1) is 6.92 Å². The zero-order valence-electron chi connectivity index (χ0n) is 13.5. The lowest BCUT2D eigenvalue weighted by Gasteiger charge is -2.14. The monoisotopic (exact) mass is 322 g/mol. The molecule has 1 amide bonds. The summed E-state index contributed by atoms with van der Waals surface area (Å²) < 4.78 is 5.00. The summed E-state index contributed by atoms with van der Waals surface area (Å²) in [6.07, 6.45) is 3.16. The van der Waals surface area contributed by atoms with Crippen LogP contribution >= 0.6 is 0 Å². The first-order valence-electron chi connectivity index (χ1n) is 7.63. The lowest BCUT2D eigenvalue weighted by molar-refractivity contribution is 0.0939. The van der Waals surface area contributed by atoms with E-state index in [0.717, 1.165) is 5.56 Å². The number of aromatic nitrogens is 2. The Hall–Kier alpha value is -3.15. The van der Waals surface area contributed by atoms with E-state index in [2.05, 4.69) is 20.8 Å². The number of carbonyl (C=O) groups excluding carboxylic acids is 1. The molecule has 0 radical (unpaired) electrons. The highest BCUT2D eigenvalue weighted by atomic mass is 16.5. The summed E-state index contributed by atoms with van der Waals surface area (Å²) in [5.74, 6) is 1.10. The molecule has 6 nitrogen and oxygen atoms in total. The number of carbonyl (C=O) groups is 1. The molecule has 2 N–H and O–H groups in total. The zero-order chi connectivity index (χ0) is 16.9. The molecular weight excluding hydrogens is 304 g/mol. The van der Waals surface area contributed by atoms with Crippen molar-refractivity contribution in [2.24, 2.45) is 0 Å². The van der Waals surface area contributed by atoms with E-state index in [1.54, 1.807) is 18.3 Å². The number of hydrogen-bond acceptors (Lipinski definition) is 5. The fourth-order valence-corrected chi connectivity index (χ4v) is 2.31. The Bertz CT molecular complexity index is 830. The maximum absolute atomic E-state index is 12.4. The van der Waals surface area contributed by atoms with Gasteiger partial charge in [0.2, 0.25) is 0 Å². The smallest absolute Gasteiger partial charge is 0.253 e. The van der Waals surface area contributed by atoms with Crippen molar-refractivity contribution in [2.45, 2.75) is 19.9 Å². The minimum Gasteiger partial charge on any atom is -0.360 e. The molecule has 3 rings (SSSR count). The average molecular weight is 322 g/mol. The van der Waals surface area contributed by atoms with E-state index in [0.29, 0.717) is 22.8 Å². The molecule has 0 aliphatic carbocycles. The molecule has 0 saturated carbocycles. The molecule has 1 unspecified atom stereocenters. The van der Waals surface area contributed by atoms with Crippen LogP contribution in [0.3, 0.4) is 0 Å². The minimum atomic E-state index is -0.182. The van der Waals surface area contributed by atoms with Crippen LogP contribution in [0.1, 0.15) is 34.6 Å². The number of hydrogen-bond donors (Lipinski definition) is 2. The maximum atomic E-state index is 12.4. The van der Waals surface area contributed by atoms with E-state index < -0.39 is 0 Å². The highest BCUT2D eigenvalue weighted by Crippen LogP contribution is 2.17. The molecule has 0 spiro atoms. The van der Waals surface area contributed by atoms with Crippen molar-refractivity contribution in [3.63, 3.8) is 0 Å². The second-order valence-corrected chi connectivity index (χ2v) is 5.52. The molecule has 1 aromatic carbocycles. The molecule has 0 bridgehead atoms. The topological polar surface area (TPSA) is 80.0 Å². The Morgan fingerprint density at radius 2 is 1.96 bits per heavy atom. The molecule has 1 atom stereocenters. The number of rotatable bonds is 5. The number of benzene rings is 1. The fraction of sp³-hybridized carbons (Fsp3) is 0.167. The lowest BCUT2D eigenvalue weighted by atomic mass is 10.1. The van der Waals surface area contributed by atoms with Gasteiger partial charge in [-0.25, -0.2) is 0 Å². The molecule has 0 saturated heterocycles. The van der Waals surface area contributed by atoms with Crippen molar-refractivity contribution in [1.29, 1.82) is 0 Å². The Labute approximate surface area is 139 Å². The Morgan fingerprint density at radius 1 is 1.17 bits per heavy atom. The summed E-state index contributed by atoms with van der Waals surface area (Å²) in [6.45, 7) is 3.76. The van der Waals surface area contributed by atoms with E-state index in [4.69, 9.17) is 4.52 Å². The number of nitrogens with one attached hydrogen (secondary N) is 2. The molecule has 3 aromatic rings. The quantitative estimate of drug-likeness (QED) is 0.750. The van der Waals surface area contributed by atoms with Crippen LogP contribution < -0.4 is 10.6 Å². The summed E-state index contributed by atoms with van der Waals surface area (Å²) in [6, 6.07) is 13.2. The predicted octanol–water partition coefficient (Wildman–Crippen LogP) is 3.61. The van der Waals surface area contributed by atoms with Gasteiger partial charge < -0.3 is 15.2 Å². The Kier molecular flexibility index (Phi) is 4.56. The molecule has 0 fully saturated rings. The Morgan fingerprint density at radius 3 is 2.67 bits per heavy atom. The first kappa shape index (κ1) is 15.7. The highest BCUT2D eigenvalue weighted by molar-refractivity contribution is 5.95. The normalized spacial score (nSPS) is 11.8. The van der Waals surface area contributed by atoms with Crippen molar-refractivity contribution < 1.29 is 9.32 Å². The first-order valence-corrected chi connectivity index (χ1v) is 7.63. The summed E-state index contributed by atoms with van der Waals surface area (Å²) in [5.41, 5.74) is 2.19. The van der Waals surface area contributed by atoms with Gasteiger partial charge in [0.05, 0.1) is 23.5 Å². The molecule has 2 aromatic heterocycles. The van der Waals surface area contributed by atoms with Gasteiger partial charge in [-0.15, -0.1) is 0 Å². The lowest BCUT2D eigenvalue weighted by Crippen LogP contribution is -2.26. The fourth-order valence-electron chi connectivity index (χ4n) is 2.31. The molecule has 2 heterocycles. The summed E-state index contributed by atoms with van der Waals surface area (Å²) in [5, 5.41) is 9.88. The Balaban J connectivity index is 1.70. The van der Waals surface area contributed by atoms with Gasteiger partial charge in [-0.1, -0.05) is 35.5 Å².